The Balaban J connectivity index is 1.40. The lowest BCUT2D eigenvalue weighted by Gasteiger charge is -2.31. The first-order chi connectivity index (χ1) is 24.7. The molecular formula is C32H48N12O8. The van der Waals surface area contributed by atoms with Crippen molar-refractivity contribution in [1.29, 1.82) is 0 Å². The number of fused-ring (bicyclic) bond motifs is 1. The summed E-state index contributed by atoms with van der Waals surface area (Å²) in [6.07, 6.45) is 1.94. The van der Waals surface area contributed by atoms with Crippen molar-refractivity contribution in [1.82, 2.24) is 41.4 Å². The van der Waals surface area contributed by atoms with Crippen LogP contribution in [0.4, 0.5) is 11.6 Å². The van der Waals surface area contributed by atoms with Crippen LogP contribution >= 0.6 is 0 Å². The number of aromatic amines is 1. The van der Waals surface area contributed by atoms with Gasteiger partial charge in [-0.1, -0.05) is 10.4 Å². The standard InChI is InChI=1S/C32H48N12O8/c1-19(42-48)31(2,3)44-51-15-14-37-32(4,5)24(43-49)12-13-34-25(45)11-10-22(18-52-50)39-28(46)20-6-8-21(9-7-20)35-16-23-17-36-27-26(38-23)29(47)41-30(33)40-27/h6-9,17,19,22,24,35,37,44,50H,10-16,18H2,1-5H3,(H,34,45)(H,39,46)(H3,33,36,40,41,47). The maximum Gasteiger partial charge on any atom is 0.280 e. The van der Waals surface area contributed by atoms with Crippen LogP contribution in [0.2, 0.25) is 0 Å². The average Bonchev–Trinajstić information content (AvgIpc) is 3.11. The number of hydroxylamine groups is 1. The molecule has 3 rings (SSSR count). The number of hydrogen-bond acceptors (Lipinski definition) is 17. The van der Waals surface area contributed by atoms with E-state index in [2.05, 4.69) is 61.9 Å². The number of carbonyl (C=O) groups is 2. The largest absolute Gasteiger partial charge is 0.379 e. The molecule has 0 fully saturated rings. The van der Waals surface area contributed by atoms with Gasteiger partial charge in [0.2, 0.25) is 11.9 Å². The lowest BCUT2D eigenvalue weighted by atomic mass is 9.92. The van der Waals surface area contributed by atoms with E-state index in [-0.39, 0.29) is 68.6 Å². The molecule has 3 aromatic rings. The van der Waals surface area contributed by atoms with Crippen LogP contribution in [0.5, 0.6) is 0 Å². The van der Waals surface area contributed by atoms with Crippen LogP contribution in [-0.2, 0) is 21.1 Å². The summed E-state index contributed by atoms with van der Waals surface area (Å²) in [5, 5.41) is 27.2. The van der Waals surface area contributed by atoms with E-state index < -0.39 is 40.7 Å². The predicted molar refractivity (Wildman–Crippen MR) is 193 cm³/mol. The van der Waals surface area contributed by atoms with Crippen LogP contribution in [0, 0.1) is 9.81 Å². The molecule has 3 unspecified atom stereocenters. The number of anilines is 2. The van der Waals surface area contributed by atoms with Crippen LogP contribution in [0.25, 0.3) is 11.2 Å². The van der Waals surface area contributed by atoms with Gasteiger partial charge in [0.1, 0.15) is 18.7 Å². The Labute approximate surface area is 299 Å². The lowest BCUT2D eigenvalue weighted by molar-refractivity contribution is -0.246. The average molecular weight is 729 g/mol. The predicted octanol–water partition coefficient (Wildman–Crippen LogP) is 1.74. The summed E-state index contributed by atoms with van der Waals surface area (Å²) < 4.78 is 0. The van der Waals surface area contributed by atoms with Crippen molar-refractivity contribution in [3.05, 3.63) is 61.9 Å². The topological polar surface area (TPSA) is 289 Å². The van der Waals surface area contributed by atoms with E-state index in [9.17, 15) is 24.2 Å². The summed E-state index contributed by atoms with van der Waals surface area (Å²) in [5.41, 5.74) is 8.21. The molecule has 0 saturated heterocycles. The molecule has 0 radical (unpaired) electrons. The summed E-state index contributed by atoms with van der Waals surface area (Å²) in [7, 11) is 0. The first-order valence-corrected chi connectivity index (χ1v) is 16.7. The number of rotatable bonds is 23. The molecule has 284 valence electrons. The first kappa shape index (κ1) is 41.4. The summed E-state index contributed by atoms with van der Waals surface area (Å²) in [4.78, 5) is 84.5. The highest BCUT2D eigenvalue weighted by Crippen LogP contribution is 2.17. The molecule has 0 aliphatic rings. The fourth-order valence-corrected chi connectivity index (χ4v) is 4.83. The quantitative estimate of drug-likeness (QED) is 0.0299. The maximum atomic E-state index is 12.9. The Morgan fingerprint density at radius 3 is 2.44 bits per heavy atom. The molecule has 2 heterocycles. The van der Waals surface area contributed by atoms with E-state index in [0.717, 1.165) is 0 Å². The molecule has 0 aliphatic heterocycles. The molecule has 52 heavy (non-hydrogen) atoms. The molecule has 0 bridgehead atoms. The van der Waals surface area contributed by atoms with Gasteiger partial charge in [-0.15, -0.1) is 0 Å². The van der Waals surface area contributed by atoms with Crippen LogP contribution < -0.4 is 38.0 Å². The number of aromatic nitrogens is 4. The monoisotopic (exact) mass is 728 g/mol. The molecular weight excluding hydrogens is 680 g/mol. The van der Waals surface area contributed by atoms with Gasteiger partial charge in [0.05, 0.1) is 36.6 Å². The number of nitroso groups, excluding NO2 is 2. The molecule has 2 aromatic heterocycles. The van der Waals surface area contributed by atoms with Crippen molar-refractivity contribution < 1.29 is 24.6 Å². The maximum absolute atomic E-state index is 12.9. The fraction of sp³-hybridized carbons (Fsp3) is 0.562. The molecule has 20 nitrogen and oxygen atoms in total. The third-order valence-electron chi connectivity index (χ3n) is 8.46. The zero-order valence-electron chi connectivity index (χ0n) is 29.9. The molecule has 0 spiro atoms. The minimum atomic E-state index is -0.702. The number of nitrogens with zero attached hydrogens (tertiary/aromatic N) is 5. The normalized spacial score (nSPS) is 13.6. The zero-order chi connectivity index (χ0) is 38.3. The van der Waals surface area contributed by atoms with Crippen molar-refractivity contribution >= 4 is 34.6 Å². The third kappa shape index (κ3) is 12.6. The second-order valence-corrected chi connectivity index (χ2v) is 13.3. The Bertz CT molecular complexity index is 1700. The van der Waals surface area contributed by atoms with Gasteiger partial charge in [0, 0.05) is 36.3 Å². The number of hydrogen-bond donors (Lipinski definition) is 8. The Morgan fingerprint density at radius 1 is 1.04 bits per heavy atom. The van der Waals surface area contributed by atoms with Gasteiger partial charge in [0.15, 0.2) is 11.2 Å². The minimum Gasteiger partial charge on any atom is -0.379 e. The second-order valence-electron chi connectivity index (χ2n) is 13.3. The minimum absolute atomic E-state index is 0.0178. The number of nitrogens with two attached hydrogens (primary N) is 1. The van der Waals surface area contributed by atoms with Gasteiger partial charge < -0.3 is 27.0 Å². The van der Waals surface area contributed by atoms with Crippen LogP contribution in [0.15, 0.2) is 45.6 Å². The molecule has 9 N–H and O–H groups in total. The molecule has 1 aromatic carbocycles. The number of H-pyrrole nitrogens is 1. The number of amides is 2. The first-order valence-electron chi connectivity index (χ1n) is 16.7. The van der Waals surface area contributed by atoms with E-state index in [1.165, 1.54) is 6.20 Å². The number of nitrogens with one attached hydrogen (secondary N) is 6. The molecule has 20 heteroatoms. The van der Waals surface area contributed by atoms with E-state index in [1.54, 1.807) is 45.0 Å². The molecule has 2 amide bonds. The molecule has 3 atom stereocenters. The number of benzene rings is 1. The molecule has 0 saturated carbocycles. The van der Waals surface area contributed by atoms with E-state index in [4.69, 9.17) is 15.8 Å². The third-order valence-corrected chi connectivity index (χ3v) is 8.46. The summed E-state index contributed by atoms with van der Waals surface area (Å²) in [6.45, 7) is 9.75. The van der Waals surface area contributed by atoms with Crippen molar-refractivity contribution in [3.63, 3.8) is 0 Å². The van der Waals surface area contributed by atoms with Crippen LogP contribution in [-0.4, -0.2) is 92.5 Å². The van der Waals surface area contributed by atoms with Gasteiger partial charge in [-0.05, 0) is 71.7 Å². The van der Waals surface area contributed by atoms with Crippen molar-refractivity contribution in [2.45, 2.75) is 89.6 Å². The Hall–Kier alpha value is -5.02. The second kappa shape index (κ2) is 19.6. The highest BCUT2D eigenvalue weighted by atomic mass is 17.1. The van der Waals surface area contributed by atoms with Crippen LogP contribution in [0.1, 0.15) is 69.9 Å². The highest BCUT2D eigenvalue weighted by molar-refractivity contribution is 5.94. The van der Waals surface area contributed by atoms with E-state index in [0.29, 0.717) is 23.5 Å². The van der Waals surface area contributed by atoms with Crippen molar-refractivity contribution in [2.75, 3.05) is 37.4 Å². The van der Waals surface area contributed by atoms with Gasteiger partial charge in [0.25, 0.3) is 11.5 Å². The summed E-state index contributed by atoms with van der Waals surface area (Å²) >= 11 is 0. The number of carbonyl (C=O) groups excluding carboxylic acids is 2. The van der Waals surface area contributed by atoms with Gasteiger partial charge >= 0.3 is 0 Å². The highest BCUT2D eigenvalue weighted by Gasteiger charge is 2.31. The van der Waals surface area contributed by atoms with Gasteiger partial charge in [-0.3, -0.25) is 29.5 Å². The van der Waals surface area contributed by atoms with Gasteiger partial charge in [-0.2, -0.15) is 20.3 Å². The fourth-order valence-electron chi connectivity index (χ4n) is 4.83. The Morgan fingerprint density at radius 2 is 1.77 bits per heavy atom. The van der Waals surface area contributed by atoms with Gasteiger partial charge in [-0.25, -0.2) is 14.9 Å². The van der Waals surface area contributed by atoms with Crippen molar-refractivity contribution in [3.8, 4) is 0 Å². The van der Waals surface area contributed by atoms with Crippen LogP contribution in [0.3, 0.4) is 0 Å². The lowest BCUT2D eigenvalue weighted by Crippen LogP contribution is -2.52. The summed E-state index contributed by atoms with van der Waals surface area (Å²) in [6, 6.07) is 4.72. The summed E-state index contributed by atoms with van der Waals surface area (Å²) in [5.74, 6) is -0.802. The molecule has 0 aliphatic carbocycles. The number of nitrogen functional groups attached to an aromatic ring is 1. The van der Waals surface area contributed by atoms with E-state index >= 15 is 0 Å². The SMILES string of the molecule is CC(N=O)C(C)(C)NOCCNC(C)(C)C(CCNC(=O)CCC(COO)NC(=O)c1ccc(NCc2cnc3nc(N)[nH]c(=O)c3n2)cc1)N=O. The van der Waals surface area contributed by atoms with Crippen molar-refractivity contribution in [2.24, 2.45) is 10.4 Å². The Kier molecular flexibility index (Phi) is 15.6. The zero-order valence-corrected chi connectivity index (χ0v) is 29.9. The van der Waals surface area contributed by atoms with E-state index in [1.807, 2.05) is 13.8 Å². The smallest absolute Gasteiger partial charge is 0.280 e.